The van der Waals surface area contributed by atoms with E-state index in [0.717, 1.165) is 37.7 Å². The number of aliphatic hydroxyl groups is 2. The normalized spacial score (nSPS) is 33.7. The number of benzene rings is 1. The van der Waals surface area contributed by atoms with Gasteiger partial charge in [-0.2, -0.15) is 0 Å². The maximum Gasteiger partial charge on any atom is 1.00 e. The summed E-state index contributed by atoms with van der Waals surface area (Å²) in [5, 5.41) is 23.0. The van der Waals surface area contributed by atoms with E-state index in [0.29, 0.717) is 36.5 Å². The molecule has 4 rings (SSSR count). The van der Waals surface area contributed by atoms with Crippen molar-refractivity contribution in [1.29, 1.82) is 0 Å². The van der Waals surface area contributed by atoms with Gasteiger partial charge in [0, 0.05) is 5.92 Å². The number of fused-ring (bicyclic) bond motifs is 5. The molecule has 36 heavy (non-hydrogen) atoms. The third-order valence-electron chi connectivity index (χ3n) is 9.63. The fourth-order valence-corrected chi connectivity index (χ4v) is 8.53. The molecule has 2 fully saturated rings. The predicted octanol–water partition coefficient (Wildman–Crippen LogP) is 2.11. The van der Waals surface area contributed by atoms with Gasteiger partial charge in [-0.15, -0.1) is 0 Å². The zero-order chi connectivity index (χ0) is 25.8. The number of allylic oxidation sites excluding steroid dienone is 2. The van der Waals surface area contributed by atoms with E-state index in [4.69, 9.17) is 0 Å². The Morgan fingerprint density at radius 2 is 2.03 bits per heavy atom. The molecule has 196 valence electrons. The minimum Gasteiger partial charge on any atom is -0.716 e. The van der Waals surface area contributed by atoms with Crippen LogP contribution < -0.4 is 33.7 Å². The van der Waals surface area contributed by atoms with Crippen LogP contribution >= 0.6 is 0 Å². The number of aliphatic hydroxyl groups excluding tert-OH is 1. The predicted molar refractivity (Wildman–Crippen MR) is 135 cm³/mol. The summed E-state index contributed by atoms with van der Waals surface area (Å²) in [6.07, 6.45) is 7.48. The van der Waals surface area contributed by atoms with E-state index in [2.05, 4.69) is 38.0 Å². The first-order chi connectivity index (χ1) is 16.3. The number of hydrogen-bond acceptors (Lipinski definition) is 6. The van der Waals surface area contributed by atoms with E-state index in [1.807, 2.05) is 13.0 Å². The van der Waals surface area contributed by atoms with Crippen molar-refractivity contribution in [3.63, 3.8) is 0 Å². The van der Waals surface area contributed by atoms with Gasteiger partial charge in [0.1, 0.15) is 5.75 Å². The average Bonchev–Trinajstić information content (AvgIpc) is 3.03. The van der Waals surface area contributed by atoms with Crippen LogP contribution in [0.15, 0.2) is 29.8 Å². The Hall–Kier alpha value is -0.410. The molecule has 0 bridgehead atoms. The first-order valence-corrected chi connectivity index (χ1v) is 14.4. The smallest absolute Gasteiger partial charge is 0.716 e. The Kier molecular flexibility index (Phi) is 9.20. The number of hydrogen-bond donors (Lipinski definition) is 2. The van der Waals surface area contributed by atoms with Gasteiger partial charge in [0.25, 0.3) is 10.4 Å². The summed E-state index contributed by atoms with van der Waals surface area (Å²) >= 11 is 0. The summed E-state index contributed by atoms with van der Waals surface area (Å²) in [6.45, 7) is 10.6. The van der Waals surface area contributed by atoms with Gasteiger partial charge < -0.3 is 18.9 Å². The van der Waals surface area contributed by atoms with Gasteiger partial charge in [-0.1, -0.05) is 38.5 Å². The van der Waals surface area contributed by atoms with E-state index >= 15 is 0 Å². The Morgan fingerprint density at radius 1 is 1.33 bits per heavy atom. The molecule has 1 aromatic carbocycles. The summed E-state index contributed by atoms with van der Waals surface area (Å²) in [6, 6.07) is 5.19. The fourth-order valence-electron chi connectivity index (χ4n) is 8.19. The average molecular weight is 529 g/mol. The topological polar surface area (TPSA) is 107 Å². The summed E-state index contributed by atoms with van der Waals surface area (Å²) in [4.78, 5) is 0. The van der Waals surface area contributed by atoms with Crippen LogP contribution in [0.3, 0.4) is 0 Å². The molecule has 2 N–H and O–H groups in total. The maximum atomic E-state index is 11.7. The summed E-state index contributed by atoms with van der Waals surface area (Å²) in [5.74, 6) is 1.43. The molecule has 0 aromatic heterocycles. The van der Waals surface area contributed by atoms with Gasteiger partial charge >= 0.3 is 29.6 Å². The third kappa shape index (κ3) is 5.78. The van der Waals surface area contributed by atoms with Gasteiger partial charge in [0.05, 0.1) is 11.7 Å². The molecule has 0 amide bonds. The molecule has 7 atom stereocenters. The van der Waals surface area contributed by atoms with Crippen molar-refractivity contribution in [2.75, 3.05) is 0 Å². The largest absolute Gasteiger partial charge is 1.00 e. The maximum absolute atomic E-state index is 11.7. The van der Waals surface area contributed by atoms with Crippen molar-refractivity contribution >= 4 is 10.4 Å². The SMILES string of the molecule is C/C=C(\CC[C@](C)(O)[C@H]1[C@@H](O)C[C@H]2[C@@H]3CCc4cc(OS(=O)(=O)[O-])ccc4[C@H]3CC[C@@]21C)C(C)C.[Na+]. The zero-order valence-electron chi connectivity index (χ0n) is 22.7. The minimum absolute atomic E-state index is 0. The second-order valence-corrected chi connectivity index (χ2v) is 13.0. The Bertz CT molecular complexity index is 1080. The Labute approximate surface area is 239 Å². The molecule has 0 radical (unpaired) electrons. The second kappa shape index (κ2) is 11.0. The van der Waals surface area contributed by atoms with E-state index in [1.165, 1.54) is 11.1 Å². The van der Waals surface area contributed by atoms with Crippen LogP contribution in [0, 0.1) is 29.1 Å². The molecule has 0 saturated heterocycles. The van der Waals surface area contributed by atoms with Gasteiger partial charge in [-0.3, -0.25) is 0 Å². The van der Waals surface area contributed by atoms with Crippen LogP contribution in [-0.4, -0.2) is 34.9 Å². The monoisotopic (exact) mass is 528 g/mol. The Balaban J connectivity index is 0.00000361. The van der Waals surface area contributed by atoms with Crippen LogP contribution in [-0.2, 0) is 16.8 Å². The Morgan fingerprint density at radius 3 is 2.64 bits per heavy atom. The van der Waals surface area contributed by atoms with Crippen molar-refractivity contribution in [3.8, 4) is 5.75 Å². The summed E-state index contributed by atoms with van der Waals surface area (Å²) < 4.78 is 37.6. The summed E-state index contributed by atoms with van der Waals surface area (Å²) in [5.41, 5.74) is 2.53. The van der Waals surface area contributed by atoms with Gasteiger partial charge in [0.2, 0.25) is 0 Å². The first-order valence-electron chi connectivity index (χ1n) is 13.1. The van der Waals surface area contributed by atoms with E-state index in [-0.39, 0.29) is 46.6 Å². The molecule has 2 saturated carbocycles. The van der Waals surface area contributed by atoms with Crippen molar-refractivity contribution in [3.05, 3.63) is 41.0 Å². The van der Waals surface area contributed by atoms with Crippen molar-refractivity contribution < 1.29 is 56.9 Å². The molecule has 3 aliphatic rings. The molecule has 1 aromatic rings. The van der Waals surface area contributed by atoms with Crippen LogP contribution in [0.5, 0.6) is 5.75 Å². The van der Waals surface area contributed by atoms with Crippen LogP contribution in [0.4, 0.5) is 0 Å². The molecule has 8 heteroatoms. The molecule has 0 heterocycles. The van der Waals surface area contributed by atoms with E-state index in [9.17, 15) is 23.2 Å². The quantitative estimate of drug-likeness (QED) is 0.243. The van der Waals surface area contributed by atoms with Crippen LogP contribution in [0.25, 0.3) is 0 Å². The minimum atomic E-state index is -4.80. The van der Waals surface area contributed by atoms with Crippen molar-refractivity contribution in [2.24, 2.45) is 29.1 Å². The van der Waals surface area contributed by atoms with Gasteiger partial charge in [-0.25, -0.2) is 8.42 Å². The van der Waals surface area contributed by atoms with E-state index in [1.54, 1.807) is 12.1 Å². The zero-order valence-corrected chi connectivity index (χ0v) is 25.5. The molecule has 6 nitrogen and oxygen atoms in total. The van der Waals surface area contributed by atoms with Crippen LogP contribution in [0.2, 0.25) is 0 Å². The third-order valence-corrected chi connectivity index (χ3v) is 10.0. The standard InChI is InChI=1S/C28H42O6S.Na/c1-6-18(17(2)3)11-14-28(5,30)26-25(29)16-24-23-9-7-19-15-20(34-35(31,32)33)8-10-21(19)22(23)12-13-27(24,26)4;/h6,8,10,15,17,22-26,29-30H,7,9,11-14,16H2,1-5H3,(H,31,32,33);/q;+1/p-1/b18-6+;/t22-,23-,24+,25+,26+,27+,28+;/m1./s1. The molecule has 0 unspecified atom stereocenters. The van der Waals surface area contributed by atoms with Crippen molar-refractivity contribution in [2.45, 2.75) is 97.2 Å². The molecular formula is C28H41NaO6S. The molecule has 3 aliphatic carbocycles. The molecular weight excluding hydrogens is 487 g/mol. The number of rotatable bonds is 7. The van der Waals surface area contributed by atoms with Crippen LogP contribution in [0.1, 0.15) is 90.2 Å². The molecule has 0 spiro atoms. The van der Waals surface area contributed by atoms with Crippen molar-refractivity contribution in [1.82, 2.24) is 0 Å². The fraction of sp³-hybridized carbons (Fsp3) is 0.714. The molecule has 0 aliphatic heterocycles. The summed E-state index contributed by atoms with van der Waals surface area (Å²) in [7, 11) is -4.80. The van der Waals surface area contributed by atoms with Gasteiger partial charge in [0.15, 0.2) is 0 Å². The number of aryl methyl sites for hydroxylation is 1. The van der Waals surface area contributed by atoms with Gasteiger partial charge in [-0.05, 0) is 111 Å². The second-order valence-electron chi connectivity index (χ2n) is 12.0. The van der Waals surface area contributed by atoms with E-state index < -0.39 is 22.1 Å². The first kappa shape index (κ1) is 30.1.